The van der Waals surface area contributed by atoms with Gasteiger partial charge in [0, 0.05) is 18.3 Å². The lowest BCUT2D eigenvalue weighted by molar-refractivity contribution is -0.120. The van der Waals surface area contributed by atoms with E-state index in [-0.39, 0.29) is 25.1 Å². The molecule has 1 unspecified atom stereocenters. The highest BCUT2D eigenvalue weighted by Gasteiger charge is 2.14. The molecule has 1 atom stereocenters. The van der Waals surface area contributed by atoms with Crippen LogP contribution in [0, 0.1) is 5.92 Å². The molecule has 0 bridgehead atoms. The number of benzene rings is 1. The molecule has 0 saturated heterocycles. The van der Waals surface area contributed by atoms with Crippen LogP contribution in [0.2, 0.25) is 0 Å². The van der Waals surface area contributed by atoms with Crippen LogP contribution in [0.25, 0.3) is 0 Å². The molecule has 0 aliphatic carbocycles. The van der Waals surface area contributed by atoms with Crippen molar-refractivity contribution in [1.82, 2.24) is 5.32 Å². The summed E-state index contributed by atoms with van der Waals surface area (Å²) in [5.74, 6) is 0.394. The maximum atomic E-state index is 12.0. The first-order chi connectivity index (χ1) is 9.04. The standard InChI is InChI=1S/C15H24N2O2/c1-12(2)13(3)16-15(19)11-17(9-10-18)14-7-5-4-6-8-14/h4-8,12-13,18H,9-11H2,1-3H3,(H,16,19). The van der Waals surface area contributed by atoms with E-state index in [4.69, 9.17) is 5.11 Å². The Labute approximate surface area is 115 Å². The SMILES string of the molecule is CC(C)C(C)NC(=O)CN(CCO)c1ccccc1. The molecule has 0 saturated carbocycles. The highest BCUT2D eigenvalue weighted by atomic mass is 16.3. The van der Waals surface area contributed by atoms with Crippen molar-refractivity contribution in [3.63, 3.8) is 0 Å². The third-order valence-electron chi connectivity index (χ3n) is 3.21. The predicted molar refractivity (Wildman–Crippen MR) is 78.2 cm³/mol. The fraction of sp³-hybridized carbons (Fsp3) is 0.533. The van der Waals surface area contributed by atoms with Crippen molar-refractivity contribution in [3.8, 4) is 0 Å². The summed E-state index contributed by atoms with van der Waals surface area (Å²) >= 11 is 0. The highest BCUT2D eigenvalue weighted by molar-refractivity contribution is 5.81. The van der Waals surface area contributed by atoms with Crippen LogP contribution in [-0.2, 0) is 4.79 Å². The summed E-state index contributed by atoms with van der Waals surface area (Å²) in [5, 5.41) is 12.1. The Morgan fingerprint density at radius 1 is 1.26 bits per heavy atom. The van der Waals surface area contributed by atoms with Gasteiger partial charge in [0.1, 0.15) is 0 Å². The summed E-state index contributed by atoms with van der Waals surface area (Å²) in [6.07, 6.45) is 0. The van der Waals surface area contributed by atoms with Crippen LogP contribution in [0.1, 0.15) is 20.8 Å². The second kappa shape index (κ2) is 7.79. The number of para-hydroxylation sites is 1. The fourth-order valence-electron chi connectivity index (χ4n) is 1.70. The summed E-state index contributed by atoms with van der Waals surface area (Å²) in [6.45, 7) is 6.90. The summed E-state index contributed by atoms with van der Waals surface area (Å²) in [6, 6.07) is 9.81. The fourth-order valence-corrected chi connectivity index (χ4v) is 1.70. The molecular weight excluding hydrogens is 240 g/mol. The van der Waals surface area contributed by atoms with Crippen LogP contribution in [-0.4, -0.2) is 36.8 Å². The minimum atomic E-state index is -0.0153. The third-order valence-corrected chi connectivity index (χ3v) is 3.21. The normalized spacial score (nSPS) is 12.3. The number of anilines is 1. The zero-order chi connectivity index (χ0) is 14.3. The first-order valence-corrected chi connectivity index (χ1v) is 6.74. The van der Waals surface area contributed by atoms with Crippen LogP contribution in [0.15, 0.2) is 30.3 Å². The van der Waals surface area contributed by atoms with Gasteiger partial charge < -0.3 is 15.3 Å². The lowest BCUT2D eigenvalue weighted by Crippen LogP contribution is -2.43. The molecule has 4 heteroatoms. The van der Waals surface area contributed by atoms with Crippen molar-refractivity contribution in [3.05, 3.63) is 30.3 Å². The molecule has 0 aliphatic heterocycles. The van der Waals surface area contributed by atoms with E-state index in [0.717, 1.165) is 5.69 Å². The average Bonchev–Trinajstić information content (AvgIpc) is 2.39. The van der Waals surface area contributed by atoms with E-state index in [1.807, 2.05) is 42.2 Å². The first-order valence-electron chi connectivity index (χ1n) is 6.74. The molecule has 0 aromatic heterocycles. The topological polar surface area (TPSA) is 52.6 Å². The van der Waals surface area contributed by atoms with Crippen molar-refractivity contribution >= 4 is 11.6 Å². The van der Waals surface area contributed by atoms with E-state index in [1.165, 1.54) is 0 Å². The molecule has 1 aromatic carbocycles. The quantitative estimate of drug-likeness (QED) is 0.787. The predicted octanol–water partition coefficient (Wildman–Crippen LogP) is 1.65. The molecule has 1 aromatic rings. The summed E-state index contributed by atoms with van der Waals surface area (Å²) in [7, 11) is 0. The minimum Gasteiger partial charge on any atom is -0.395 e. The third kappa shape index (κ3) is 5.30. The number of carbonyl (C=O) groups excluding carboxylic acids is 1. The second-order valence-corrected chi connectivity index (χ2v) is 5.08. The van der Waals surface area contributed by atoms with Gasteiger partial charge in [-0.15, -0.1) is 0 Å². The van der Waals surface area contributed by atoms with Gasteiger partial charge in [0.05, 0.1) is 13.2 Å². The van der Waals surface area contributed by atoms with Crippen LogP contribution in [0.4, 0.5) is 5.69 Å². The molecule has 4 nitrogen and oxygen atoms in total. The summed E-state index contributed by atoms with van der Waals surface area (Å²) in [5.41, 5.74) is 0.948. The van der Waals surface area contributed by atoms with E-state index in [9.17, 15) is 4.79 Å². The Morgan fingerprint density at radius 3 is 2.42 bits per heavy atom. The number of hydrogen-bond donors (Lipinski definition) is 2. The van der Waals surface area contributed by atoms with Crippen molar-refractivity contribution in [2.45, 2.75) is 26.8 Å². The Kier molecular flexibility index (Phi) is 6.36. The number of carbonyl (C=O) groups is 1. The van der Waals surface area contributed by atoms with Gasteiger partial charge in [-0.25, -0.2) is 0 Å². The van der Waals surface area contributed by atoms with Gasteiger partial charge in [0.15, 0.2) is 0 Å². The monoisotopic (exact) mass is 264 g/mol. The van der Waals surface area contributed by atoms with Crippen LogP contribution >= 0.6 is 0 Å². The average molecular weight is 264 g/mol. The first kappa shape index (κ1) is 15.5. The number of nitrogens with one attached hydrogen (secondary N) is 1. The van der Waals surface area contributed by atoms with E-state index in [0.29, 0.717) is 12.5 Å². The Morgan fingerprint density at radius 2 is 1.89 bits per heavy atom. The van der Waals surface area contributed by atoms with Crippen molar-refractivity contribution < 1.29 is 9.90 Å². The number of hydrogen-bond acceptors (Lipinski definition) is 3. The van der Waals surface area contributed by atoms with Crippen LogP contribution in [0.3, 0.4) is 0 Å². The van der Waals surface area contributed by atoms with Crippen molar-refractivity contribution in [2.24, 2.45) is 5.92 Å². The highest BCUT2D eigenvalue weighted by Crippen LogP contribution is 2.12. The number of rotatable bonds is 7. The molecule has 106 valence electrons. The van der Waals surface area contributed by atoms with E-state index in [1.54, 1.807) is 0 Å². The maximum Gasteiger partial charge on any atom is 0.239 e. The molecule has 1 rings (SSSR count). The molecular formula is C15H24N2O2. The summed E-state index contributed by atoms with van der Waals surface area (Å²) < 4.78 is 0. The van der Waals surface area contributed by atoms with Crippen LogP contribution in [0.5, 0.6) is 0 Å². The molecule has 19 heavy (non-hydrogen) atoms. The zero-order valence-electron chi connectivity index (χ0n) is 12.0. The lowest BCUT2D eigenvalue weighted by Gasteiger charge is -2.25. The Bertz CT molecular complexity index is 379. The largest absolute Gasteiger partial charge is 0.395 e. The van der Waals surface area contributed by atoms with Crippen molar-refractivity contribution in [2.75, 3.05) is 24.6 Å². The molecule has 1 amide bonds. The molecule has 0 aliphatic rings. The van der Waals surface area contributed by atoms with Gasteiger partial charge in [-0.2, -0.15) is 0 Å². The van der Waals surface area contributed by atoms with Crippen molar-refractivity contribution in [1.29, 1.82) is 0 Å². The van der Waals surface area contributed by atoms with E-state index < -0.39 is 0 Å². The molecule has 0 spiro atoms. The van der Waals surface area contributed by atoms with E-state index >= 15 is 0 Å². The molecule has 0 radical (unpaired) electrons. The van der Waals surface area contributed by atoms with Gasteiger partial charge in [0.2, 0.25) is 5.91 Å². The van der Waals surface area contributed by atoms with Gasteiger partial charge >= 0.3 is 0 Å². The number of aliphatic hydroxyl groups is 1. The lowest BCUT2D eigenvalue weighted by atomic mass is 10.1. The minimum absolute atomic E-state index is 0.0153. The number of nitrogens with zero attached hydrogens (tertiary/aromatic N) is 1. The molecule has 0 heterocycles. The number of amides is 1. The smallest absolute Gasteiger partial charge is 0.239 e. The van der Waals surface area contributed by atoms with Gasteiger partial charge in [-0.1, -0.05) is 32.0 Å². The second-order valence-electron chi connectivity index (χ2n) is 5.08. The van der Waals surface area contributed by atoms with Crippen LogP contribution < -0.4 is 10.2 Å². The Hall–Kier alpha value is -1.55. The molecule has 0 fully saturated rings. The maximum absolute atomic E-state index is 12.0. The molecule has 2 N–H and O–H groups in total. The van der Waals surface area contributed by atoms with E-state index in [2.05, 4.69) is 19.2 Å². The van der Waals surface area contributed by atoms with Gasteiger partial charge in [-0.05, 0) is 25.0 Å². The van der Waals surface area contributed by atoms with Gasteiger partial charge in [0.25, 0.3) is 0 Å². The Balaban J connectivity index is 2.61. The van der Waals surface area contributed by atoms with Gasteiger partial charge in [-0.3, -0.25) is 4.79 Å². The zero-order valence-corrected chi connectivity index (χ0v) is 12.0. The number of aliphatic hydroxyl groups excluding tert-OH is 1. The summed E-state index contributed by atoms with van der Waals surface area (Å²) in [4.78, 5) is 13.9.